The summed E-state index contributed by atoms with van der Waals surface area (Å²) in [6.45, 7) is 4.05. The summed E-state index contributed by atoms with van der Waals surface area (Å²) >= 11 is 0. The van der Waals surface area contributed by atoms with Crippen LogP contribution in [0.3, 0.4) is 0 Å². The molecular formula is C28H29FN6O3. The largest absolute Gasteiger partial charge is 0.493 e. The highest BCUT2D eigenvalue weighted by Crippen LogP contribution is 2.28. The van der Waals surface area contributed by atoms with E-state index in [-0.39, 0.29) is 11.8 Å². The fourth-order valence-electron chi connectivity index (χ4n) is 3.93. The van der Waals surface area contributed by atoms with E-state index >= 15 is 0 Å². The number of amides is 1. The van der Waals surface area contributed by atoms with Crippen molar-refractivity contribution < 1.29 is 18.7 Å². The normalized spacial score (nSPS) is 11.7. The molecule has 0 unspecified atom stereocenters. The van der Waals surface area contributed by atoms with Crippen LogP contribution in [-0.4, -0.2) is 47.6 Å². The Hall–Kier alpha value is -4.73. The van der Waals surface area contributed by atoms with Crippen LogP contribution < -0.4 is 20.1 Å². The molecule has 0 aliphatic rings. The van der Waals surface area contributed by atoms with Crippen molar-refractivity contribution in [2.24, 2.45) is 4.99 Å². The number of aromatic nitrogens is 3. The minimum Gasteiger partial charge on any atom is -0.493 e. The molecule has 2 aromatic heterocycles. The quantitative estimate of drug-likeness (QED) is 0.180. The Labute approximate surface area is 219 Å². The van der Waals surface area contributed by atoms with Gasteiger partial charge in [0.05, 0.1) is 14.2 Å². The second-order valence-corrected chi connectivity index (χ2v) is 8.52. The standard InChI is InChI=1S/C28H29FN6O3/c1-17-13-18(2)33-28(32-17)35-27(30-12-11-20-16-31-23-8-7-21(29)15-22(20)23)34-26(36)10-6-19-5-9-24(37-3)25(14-19)38-4/h5-10,13-16,31H,11-12H2,1-4H3,(H2,30,32,33,34,35,36)/b10-6+. The third-order valence-corrected chi connectivity index (χ3v) is 5.67. The Bertz CT molecular complexity index is 1490. The molecule has 4 aromatic rings. The Morgan fingerprint density at radius 2 is 1.82 bits per heavy atom. The minimum atomic E-state index is -0.399. The number of benzene rings is 2. The number of carbonyl (C=O) groups is 1. The number of aryl methyl sites for hydroxylation is 2. The summed E-state index contributed by atoms with van der Waals surface area (Å²) < 4.78 is 24.3. The first-order valence-electron chi connectivity index (χ1n) is 11.9. The first kappa shape index (κ1) is 26.3. The summed E-state index contributed by atoms with van der Waals surface area (Å²) in [6, 6.07) is 11.8. The Morgan fingerprint density at radius 1 is 1.05 bits per heavy atom. The fraction of sp³-hybridized carbons (Fsp3) is 0.214. The van der Waals surface area contributed by atoms with Gasteiger partial charge in [0.15, 0.2) is 11.5 Å². The van der Waals surface area contributed by atoms with E-state index < -0.39 is 5.91 Å². The van der Waals surface area contributed by atoms with Crippen molar-refractivity contribution >= 4 is 34.8 Å². The molecule has 0 saturated carbocycles. The van der Waals surface area contributed by atoms with Gasteiger partial charge in [-0.2, -0.15) is 0 Å². The van der Waals surface area contributed by atoms with Crippen LogP contribution in [0.5, 0.6) is 11.5 Å². The van der Waals surface area contributed by atoms with Crippen LogP contribution >= 0.6 is 0 Å². The average Bonchev–Trinajstić information content (AvgIpc) is 3.28. The molecule has 0 aliphatic heterocycles. The van der Waals surface area contributed by atoms with Crippen LogP contribution in [0, 0.1) is 19.7 Å². The number of methoxy groups -OCH3 is 2. The van der Waals surface area contributed by atoms with E-state index in [2.05, 4.69) is 30.6 Å². The Morgan fingerprint density at radius 3 is 2.55 bits per heavy atom. The van der Waals surface area contributed by atoms with Gasteiger partial charge >= 0.3 is 0 Å². The summed E-state index contributed by atoms with van der Waals surface area (Å²) in [5.41, 5.74) is 4.08. The number of aromatic amines is 1. The molecule has 2 heterocycles. The number of anilines is 1. The number of carbonyl (C=O) groups excluding carboxylic acids is 1. The number of rotatable bonds is 8. The van der Waals surface area contributed by atoms with E-state index in [1.807, 2.05) is 32.2 Å². The maximum Gasteiger partial charge on any atom is 0.250 e. The maximum atomic E-state index is 13.7. The zero-order chi connectivity index (χ0) is 27.1. The van der Waals surface area contributed by atoms with Crippen LogP contribution in [0.2, 0.25) is 0 Å². The van der Waals surface area contributed by atoms with E-state index in [1.165, 1.54) is 18.2 Å². The minimum absolute atomic E-state index is 0.197. The van der Waals surface area contributed by atoms with Crippen molar-refractivity contribution in [2.45, 2.75) is 20.3 Å². The van der Waals surface area contributed by atoms with Gasteiger partial charge in [-0.1, -0.05) is 6.07 Å². The van der Waals surface area contributed by atoms with Gasteiger partial charge in [0.1, 0.15) is 5.82 Å². The molecule has 3 N–H and O–H groups in total. The van der Waals surface area contributed by atoms with E-state index in [1.54, 1.807) is 38.5 Å². The van der Waals surface area contributed by atoms with Crippen LogP contribution in [0.1, 0.15) is 22.5 Å². The zero-order valence-corrected chi connectivity index (χ0v) is 21.6. The number of fused-ring (bicyclic) bond motifs is 1. The van der Waals surface area contributed by atoms with Crippen LogP contribution in [0.4, 0.5) is 10.3 Å². The molecule has 10 heteroatoms. The van der Waals surface area contributed by atoms with Gasteiger partial charge < -0.3 is 14.5 Å². The van der Waals surface area contributed by atoms with Gasteiger partial charge in [-0.05, 0) is 73.9 Å². The van der Waals surface area contributed by atoms with Gasteiger partial charge in [-0.15, -0.1) is 0 Å². The monoisotopic (exact) mass is 516 g/mol. The lowest BCUT2D eigenvalue weighted by Gasteiger charge is -2.10. The molecule has 0 radical (unpaired) electrons. The van der Waals surface area contributed by atoms with Gasteiger partial charge in [-0.3, -0.25) is 20.4 Å². The summed E-state index contributed by atoms with van der Waals surface area (Å²) in [5, 5.41) is 6.57. The number of aliphatic imine (C=N–C) groups is 1. The van der Waals surface area contributed by atoms with Crippen molar-refractivity contribution in [1.82, 2.24) is 20.3 Å². The van der Waals surface area contributed by atoms with Gasteiger partial charge in [0.25, 0.3) is 5.91 Å². The number of guanidine groups is 1. The second-order valence-electron chi connectivity index (χ2n) is 8.52. The third kappa shape index (κ3) is 6.73. The number of hydrogen-bond donors (Lipinski definition) is 3. The van der Waals surface area contributed by atoms with Crippen LogP contribution in [0.15, 0.2) is 59.7 Å². The Kier molecular flexibility index (Phi) is 8.32. The molecule has 2 aromatic carbocycles. The van der Waals surface area contributed by atoms with Crippen molar-refractivity contribution in [3.05, 3.63) is 83.1 Å². The van der Waals surface area contributed by atoms with Crippen molar-refractivity contribution in [3.63, 3.8) is 0 Å². The number of H-pyrrole nitrogens is 1. The van der Waals surface area contributed by atoms with Crippen molar-refractivity contribution in [3.8, 4) is 11.5 Å². The van der Waals surface area contributed by atoms with E-state index in [0.717, 1.165) is 33.4 Å². The third-order valence-electron chi connectivity index (χ3n) is 5.67. The molecule has 0 saturated heterocycles. The Balaban J connectivity index is 1.51. The molecule has 0 spiro atoms. The number of ether oxygens (including phenoxy) is 2. The molecule has 0 bridgehead atoms. The fourth-order valence-corrected chi connectivity index (χ4v) is 3.93. The maximum absolute atomic E-state index is 13.7. The second kappa shape index (κ2) is 12.0. The number of hydrogen-bond acceptors (Lipinski definition) is 6. The van der Waals surface area contributed by atoms with E-state index in [0.29, 0.717) is 30.4 Å². The first-order chi connectivity index (χ1) is 18.3. The van der Waals surface area contributed by atoms with Gasteiger partial charge in [-0.25, -0.2) is 14.4 Å². The lowest BCUT2D eigenvalue weighted by molar-refractivity contribution is -0.115. The topological polar surface area (TPSA) is 114 Å². The highest BCUT2D eigenvalue weighted by Gasteiger charge is 2.09. The number of nitrogens with zero attached hydrogens (tertiary/aromatic N) is 3. The predicted molar refractivity (Wildman–Crippen MR) is 146 cm³/mol. The van der Waals surface area contributed by atoms with Gasteiger partial charge in [0.2, 0.25) is 11.9 Å². The zero-order valence-electron chi connectivity index (χ0n) is 21.6. The molecule has 0 atom stereocenters. The van der Waals surface area contributed by atoms with Gasteiger partial charge in [0, 0.05) is 41.1 Å². The van der Waals surface area contributed by atoms with Crippen molar-refractivity contribution in [2.75, 3.05) is 26.1 Å². The van der Waals surface area contributed by atoms with Crippen molar-refractivity contribution in [1.29, 1.82) is 0 Å². The lowest BCUT2D eigenvalue weighted by atomic mass is 10.1. The predicted octanol–water partition coefficient (Wildman–Crippen LogP) is 4.57. The molecule has 196 valence electrons. The molecule has 1 amide bonds. The SMILES string of the molecule is COc1ccc(/C=C/C(=O)NC(=NCCc2c[nH]c3ccc(F)cc23)Nc2nc(C)cc(C)n2)cc1OC. The smallest absolute Gasteiger partial charge is 0.250 e. The summed E-state index contributed by atoms with van der Waals surface area (Å²) in [6.07, 6.45) is 5.41. The van der Waals surface area contributed by atoms with E-state index in [9.17, 15) is 9.18 Å². The summed E-state index contributed by atoms with van der Waals surface area (Å²) in [5.74, 6) is 0.971. The summed E-state index contributed by atoms with van der Waals surface area (Å²) in [7, 11) is 3.11. The first-order valence-corrected chi connectivity index (χ1v) is 11.9. The molecule has 0 aliphatic carbocycles. The average molecular weight is 517 g/mol. The van der Waals surface area contributed by atoms with E-state index in [4.69, 9.17) is 9.47 Å². The number of nitrogens with one attached hydrogen (secondary N) is 3. The molecular weight excluding hydrogens is 487 g/mol. The van der Waals surface area contributed by atoms with Crippen LogP contribution in [-0.2, 0) is 11.2 Å². The number of halogens is 1. The summed E-state index contributed by atoms with van der Waals surface area (Å²) in [4.78, 5) is 29.2. The molecule has 38 heavy (non-hydrogen) atoms. The molecule has 4 rings (SSSR count). The molecule has 9 nitrogen and oxygen atoms in total. The highest BCUT2D eigenvalue weighted by molar-refractivity contribution is 6.08. The molecule has 0 fully saturated rings. The van der Waals surface area contributed by atoms with Crippen LogP contribution in [0.25, 0.3) is 17.0 Å². The lowest BCUT2D eigenvalue weighted by Crippen LogP contribution is -2.35. The highest BCUT2D eigenvalue weighted by atomic mass is 19.1.